The second kappa shape index (κ2) is 5.11. The fourth-order valence-corrected chi connectivity index (χ4v) is 2.24. The molecule has 1 aliphatic rings. The lowest BCUT2D eigenvalue weighted by Crippen LogP contribution is -2.20. The predicted molar refractivity (Wildman–Crippen MR) is 67.2 cm³/mol. The lowest BCUT2D eigenvalue weighted by Gasteiger charge is -2.21. The van der Waals surface area contributed by atoms with Gasteiger partial charge >= 0.3 is 6.18 Å². The standard InChI is InChI=1S/C13H15F3N2O/c1-9(19)17-12-5-4-10(18-6-2-3-7-18)8-11(12)13(14,15)16/h4-5,8H,2-3,6-7H2,1H3,(H,17,19). The number of halogens is 3. The van der Waals surface area contributed by atoms with Crippen molar-refractivity contribution in [2.45, 2.75) is 25.9 Å². The summed E-state index contributed by atoms with van der Waals surface area (Å²) in [6.45, 7) is 2.74. The molecule has 1 saturated heterocycles. The van der Waals surface area contributed by atoms with E-state index in [9.17, 15) is 18.0 Å². The molecule has 0 bridgehead atoms. The third kappa shape index (κ3) is 3.19. The number of alkyl halides is 3. The monoisotopic (exact) mass is 272 g/mol. The summed E-state index contributed by atoms with van der Waals surface area (Å²) in [5.74, 6) is -0.514. The van der Waals surface area contributed by atoms with Gasteiger partial charge in [0, 0.05) is 25.7 Å². The van der Waals surface area contributed by atoms with Crippen molar-refractivity contribution < 1.29 is 18.0 Å². The molecule has 104 valence electrons. The Bertz CT molecular complexity index is 479. The molecule has 1 amide bonds. The van der Waals surface area contributed by atoms with Gasteiger partial charge in [-0.15, -0.1) is 0 Å². The van der Waals surface area contributed by atoms with Crippen LogP contribution in [-0.4, -0.2) is 19.0 Å². The molecule has 1 aromatic rings. The van der Waals surface area contributed by atoms with E-state index >= 15 is 0 Å². The van der Waals surface area contributed by atoms with Crippen molar-refractivity contribution in [1.29, 1.82) is 0 Å². The van der Waals surface area contributed by atoms with E-state index in [1.165, 1.54) is 13.0 Å². The van der Waals surface area contributed by atoms with Crippen LogP contribution in [0.5, 0.6) is 0 Å². The molecular weight excluding hydrogens is 257 g/mol. The van der Waals surface area contributed by atoms with Crippen LogP contribution in [0.25, 0.3) is 0 Å². The van der Waals surface area contributed by atoms with Crippen LogP contribution < -0.4 is 10.2 Å². The van der Waals surface area contributed by atoms with Crippen molar-refractivity contribution >= 4 is 17.3 Å². The highest BCUT2D eigenvalue weighted by Gasteiger charge is 2.34. The summed E-state index contributed by atoms with van der Waals surface area (Å²) in [5, 5.41) is 2.22. The lowest BCUT2D eigenvalue weighted by molar-refractivity contribution is -0.136. The number of carbonyl (C=O) groups excluding carboxylic acids is 1. The van der Waals surface area contributed by atoms with E-state index in [1.807, 2.05) is 4.90 Å². The maximum atomic E-state index is 13.0. The maximum Gasteiger partial charge on any atom is 0.418 e. The second-order valence-electron chi connectivity index (χ2n) is 4.60. The second-order valence-corrected chi connectivity index (χ2v) is 4.60. The molecule has 0 atom stereocenters. The van der Waals surface area contributed by atoms with Crippen molar-refractivity contribution in [1.82, 2.24) is 0 Å². The zero-order valence-electron chi connectivity index (χ0n) is 10.5. The van der Waals surface area contributed by atoms with Gasteiger partial charge in [-0.2, -0.15) is 13.2 Å². The fourth-order valence-electron chi connectivity index (χ4n) is 2.24. The Balaban J connectivity index is 2.38. The first-order valence-electron chi connectivity index (χ1n) is 6.12. The Hall–Kier alpha value is -1.72. The first-order valence-corrected chi connectivity index (χ1v) is 6.12. The van der Waals surface area contributed by atoms with Gasteiger partial charge in [0.05, 0.1) is 11.3 Å². The minimum Gasteiger partial charge on any atom is -0.372 e. The fraction of sp³-hybridized carbons (Fsp3) is 0.462. The molecule has 1 fully saturated rings. The molecule has 0 aliphatic carbocycles. The number of hydrogen-bond acceptors (Lipinski definition) is 2. The molecule has 1 aromatic carbocycles. The van der Waals surface area contributed by atoms with E-state index in [-0.39, 0.29) is 5.69 Å². The number of hydrogen-bond donors (Lipinski definition) is 1. The highest BCUT2D eigenvalue weighted by Crippen LogP contribution is 2.37. The molecule has 0 spiro atoms. The van der Waals surface area contributed by atoms with Crippen LogP contribution in [0.4, 0.5) is 24.5 Å². The minimum atomic E-state index is -4.48. The molecular formula is C13H15F3N2O. The van der Waals surface area contributed by atoms with Gasteiger partial charge in [0.15, 0.2) is 0 Å². The van der Waals surface area contributed by atoms with Crippen LogP contribution in [0.3, 0.4) is 0 Å². The number of amides is 1. The van der Waals surface area contributed by atoms with Crippen LogP contribution in [0.15, 0.2) is 18.2 Å². The van der Waals surface area contributed by atoms with Gasteiger partial charge in [0.2, 0.25) is 5.91 Å². The van der Waals surface area contributed by atoms with Crippen LogP contribution >= 0.6 is 0 Å². The van der Waals surface area contributed by atoms with E-state index in [4.69, 9.17) is 0 Å². The summed E-state index contributed by atoms with van der Waals surface area (Å²) < 4.78 is 39.0. The molecule has 2 rings (SSSR count). The molecule has 6 heteroatoms. The van der Waals surface area contributed by atoms with E-state index in [0.717, 1.165) is 32.0 Å². The number of anilines is 2. The third-order valence-corrected chi connectivity index (χ3v) is 3.09. The van der Waals surface area contributed by atoms with Gasteiger partial charge in [-0.05, 0) is 31.0 Å². The summed E-state index contributed by atoms with van der Waals surface area (Å²) >= 11 is 0. The van der Waals surface area contributed by atoms with Crippen LogP contribution in [0, 0.1) is 0 Å². The molecule has 0 unspecified atom stereocenters. The van der Waals surface area contributed by atoms with Gasteiger partial charge in [-0.3, -0.25) is 4.79 Å². The Morgan fingerprint density at radius 2 is 1.89 bits per heavy atom. The van der Waals surface area contributed by atoms with Crippen molar-refractivity contribution in [2.24, 2.45) is 0 Å². The van der Waals surface area contributed by atoms with Crippen LogP contribution in [0.1, 0.15) is 25.3 Å². The minimum absolute atomic E-state index is 0.192. The van der Waals surface area contributed by atoms with Gasteiger partial charge in [0.25, 0.3) is 0 Å². The summed E-state index contributed by atoms with van der Waals surface area (Å²) in [6.07, 6.45) is -2.49. The van der Waals surface area contributed by atoms with Crippen molar-refractivity contribution in [3.05, 3.63) is 23.8 Å². The molecule has 1 aliphatic heterocycles. The van der Waals surface area contributed by atoms with Crippen LogP contribution in [-0.2, 0) is 11.0 Å². The predicted octanol–water partition coefficient (Wildman–Crippen LogP) is 3.26. The lowest BCUT2D eigenvalue weighted by atomic mass is 10.1. The Kier molecular flexibility index (Phi) is 3.68. The molecule has 19 heavy (non-hydrogen) atoms. The average molecular weight is 272 g/mol. The van der Waals surface area contributed by atoms with Gasteiger partial charge in [-0.1, -0.05) is 0 Å². The van der Waals surface area contributed by atoms with Gasteiger partial charge in [-0.25, -0.2) is 0 Å². The zero-order chi connectivity index (χ0) is 14.0. The number of benzene rings is 1. The van der Waals surface area contributed by atoms with Gasteiger partial charge in [0.1, 0.15) is 0 Å². The number of rotatable bonds is 2. The Morgan fingerprint density at radius 3 is 2.42 bits per heavy atom. The van der Waals surface area contributed by atoms with Crippen LogP contribution in [0.2, 0.25) is 0 Å². The summed E-state index contributed by atoms with van der Waals surface area (Å²) in [7, 11) is 0. The van der Waals surface area contributed by atoms with E-state index in [2.05, 4.69) is 5.32 Å². The van der Waals surface area contributed by atoms with Crippen molar-refractivity contribution in [3.8, 4) is 0 Å². The normalized spacial score (nSPS) is 15.7. The highest BCUT2D eigenvalue weighted by atomic mass is 19.4. The highest BCUT2D eigenvalue weighted by molar-refractivity contribution is 5.90. The summed E-state index contributed by atoms with van der Waals surface area (Å²) in [5.41, 5.74) is -0.436. The molecule has 1 heterocycles. The largest absolute Gasteiger partial charge is 0.418 e. The quantitative estimate of drug-likeness (QED) is 0.896. The zero-order valence-corrected chi connectivity index (χ0v) is 10.5. The molecule has 0 aromatic heterocycles. The van der Waals surface area contributed by atoms with E-state index < -0.39 is 17.6 Å². The van der Waals surface area contributed by atoms with Crippen molar-refractivity contribution in [2.75, 3.05) is 23.3 Å². The third-order valence-electron chi connectivity index (χ3n) is 3.09. The molecule has 0 radical (unpaired) electrons. The molecule has 3 nitrogen and oxygen atoms in total. The van der Waals surface area contributed by atoms with Gasteiger partial charge < -0.3 is 10.2 Å². The first-order chi connectivity index (χ1) is 8.88. The van der Waals surface area contributed by atoms with E-state index in [1.54, 1.807) is 6.07 Å². The Morgan fingerprint density at radius 1 is 1.26 bits per heavy atom. The summed E-state index contributed by atoms with van der Waals surface area (Å²) in [4.78, 5) is 12.9. The number of nitrogens with one attached hydrogen (secondary N) is 1. The Labute approximate surface area is 109 Å². The topological polar surface area (TPSA) is 32.3 Å². The number of nitrogens with zero attached hydrogens (tertiary/aromatic N) is 1. The SMILES string of the molecule is CC(=O)Nc1ccc(N2CCCC2)cc1C(F)(F)F. The molecule has 0 saturated carbocycles. The first kappa shape index (κ1) is 13.7. The summed E-state index contributed by atoms with van der Waals surface area (Å²) in [6, 6.07) is 4.04. The maximum absolute atomic E-state index is 13.0. The van der Waals surface area contributed by atoms with Crippen molar-refractivity contribution in [3.63, 3.8) is 0 Å². The average Bonchev–Trinajstić information content (AvgIpc) is 2.80. The molecule has 1 N–H and O–H groups in total. The van der Waals surface area contributed by atoms with E-state index in [0.29, 0.717) is 5.69 Å². The smallest absolute Gasteiger partial charge is 0.372 e. The number of carbonyl (C=O) groups is 1.